The van der Waals surface area contributed by atoms with Gasteiger partial charge in [0, 0.05) is 5.92 Å². The molecule has 1 saturated heterocycles. The number of rotatable bonds is 5. The van der Waals surface area contributed by atoms with Crippen LogP contribution in [0.4, 0.5) is 4.79 Å². The molecule has 0 saturated carbocycles. The van der Waals surface area contributed by atoms with Crippen LogP contribution in [-0.4, -0.2) is 52.7 Å². The molecule has 0 aromatic heterocycles. The molecule has 1 fully saturated rings. The molecule has 1 heterocycles. The fourth-order valence-electron chi connectivity index (χ4n) is 4.02. The molecular weight excluding hydrogens is 402 g/mol. The number of carboxylic acids is 1. The SMILES string of the molecule is C[C@@H](NC(=O)OCC1c2ccccc2-c2ccccc21)C(=O)N1NC(=O)CC1C(=O)O. The van der Waals surface area contributed by atoms with E-state index < -0.39 is 36.0 Å². The molecule has 1 aliphatic heterocycles. The minimum absolute atomic E-state index is 0.0823. The highest BCUT2D eigenvalue weighted by Gasteiger charge is 2.41. The van der Waals surface area contributed by atoms with Gasteiger partial charge < -0.3 is 15.2 Å². The Morgan fingerprint density at radius 3 is 2.29 bits per heavy atom. The normalized spacial score (nSPS) is 18.0. The van der Waals surface area contributed by atoms with Gasteiger partial charge in [-0.2, -0.15) is 0 Å². The quantitative estimate of drug-likeness (QED) is 0.671. The van der Waals surface area contributed by atoms with E-state index in [1.54, 1.807) is 0 Å². The lowest BCUT2D eigenvalue weighted by Crippen LogP contribution is -2.54. The first-order valence-electron chi connectivity index (χ1n) is 9.83. The zero-order valence-corrected chi connectivity index (χ0v) is 16.7. The molecule has 1 aliphatic carbocycles. The molecule has 0 spiro atoms. The summed E-state index contributed by atoms with van der Waals surface area (Å²) in [6.45, 7) is 1.48. The van der Waals surface area contributed by atoms with Crippen molar-refractivity contribution in [2.24, 2.45) is 0 Å². The third kappa shape index (κ3) is 3.81. The number of fused-ring (bicyclic) bond motifs is 3. The van der Waals surface area contributed by atoms with Crippen LogP contribution in [0.25, 0.3) is 11.1 Å². The van der Waals surface area contributed by atoms with E-state index in [2.05, 4.69) is 10.7 Å². The zero-order valence-electron chi connectivity index (χ0n) is 16.7. The van der Waals surface area contributed by atoms with Gasteiger partial charge in [-0.25, -0.2) is 14.6 Å². The second-order valence-corrected chi connectivity index (χ2v) is 7.49. The Morgan fingerprint density at radius 1 is 1.13 bits per heavy atom. The van der Waals surface area contributed by atoms with E-state index in [4.69, 9.17) is 4.74 Å². The van der Waals surface area contributed by atoms with E-state index in [-0.39, 0.29) is 18.9 Å². The Labute approximate surface area is 178 Å². The summed E-state index contributed by atoms with van der Waals surface area (Å²) in [4.78, 5) is 47.6. The van der Waals surface area contributed by atoms with Gasteiger partial charge in [-0.05, 0) is 29.2 Å². The van der Waals surface area contributed by atoms with Crippen LogP contribution in [0.1, 0.15) is 30.4 Å². The van der Waals surface area contributed by atoms with E-state index >= 15 is 0 Å². The fourth-order valence-corrected chi connectivity index (χ4v) is 4.02. The molecule has 2 atom stereocenters. The number of ether oxygens (including phenoxy) is 1. The average molecular weight is 423 g/mol. The van der Waals surface area contributed by atoms with E-state index in [9.17, 15) is 24.3 Å². The largest absolute Gasteiger partial charge is 0.480 e. The van der Waals surface area contributed by atoms with E-state index in [0.29, 0.717) is 0 Å². The van der Waals surface area contributed by atoms with Gasteiger partial charge in [-0.3, -0.25) is 15.0 Å². The maximum atomic E-state index is 12.5. The molecule has 2 aromatic carbocycles. The first-order chi connectivity index (χ1) is 14.9. The van der Waals surface area contributed by atoms with Crippen LogP contribution in [0.5, 0.6) is 0 Å². The second-order valence-electron chi connectivity index (χ2n) is 7.49. The molecule has 3 amide bonds. The predicted octanol–water partition coefficient (Wildman–Crippen LogP) is 1.63. The number of carbonyl (C=O) groups excluding carboxylic acids is 3. The van der Waals surface area contributed by atoms with E-state index in [1.165, 1.54) is 6.92 Å². The maximum Gasteiger partial charge on any atom is 0.407 e. The van der Waals surface area contributed by atoms with Crippen molar-refractivity contribution >= 4 is 23.9 Å². The molecule has 9 heteroatoms. The number of aliphatic carboxylic acids is 1. The lowest BCUT2D eigenvalue weighted by Gasteiger charge is -2.24. The number of carbonyl (C=O) groups is 4. The summed E-state index contributed by atoms with van der Waals surface area (Å²) in [6, 6.07) is 13.4. The highest BCUT2D eigenvalue weighted by Crippen LogP contribution is 2.44. The Hall–Kier alpha value is -3.88. The van der Waals surface area contributed by atoms with Gasteiger partial charge in [0.1, 0.15) is 12.6 Å². The summed E-state index contributed by atoms with van der Waals surface area (Å²) < 4.78 is 5.39. The Morgan fingerprint density at radius 2 is 1.71 bits per heavy atom. The van der Waals surface area contributed by atoms with Gasteiger partial charge >= 0.3 is 12.1 Å². The molecular formula is C22H21N3O6. The van der Waals surface area contributed by atoms with Crippen LogP contribution >= 0.6 is 0 Å². The van der Waals surface area contributed by atoms with Crippen LogP contribution < -0.4 is 10.7 Å². The minimum atomic E-state index is -1.31. The van der Waals surface area contributed by atoms with Gasteiger partial charge in [0.25, 0.3) is 5.91 Å². The van der Waals surface area contributed by atoms with Gasteiger partial charge in [0.2, 0.25) is 5.91 Å². The lowest BCUT2D eigenvalue weighted by molar-refractivity contribution is -0.151. The summed E-state index contributed by atoms with van der Waals surface area (Å²) in [7, 11) is 0. The standard InChI is InChI=1S/C22H21N3O6/c1-12(20(27)25-18(21(28)29)10-19(26)24-25)23-22(30)31-11-17-15-8-4-2-6-13(15)14-7-3-5-9-16(14)17/h2-9,12,17-18H,10-11H2,1H3,(H,23,30)(H,24,26)(H,28,29)/t12-,18?/m1/s1. The van der Waals surface area contributed by atoms with Crippen molar-refractivity contribution in [3.63, 3.8) is 0 Å². The molecule has 3 N–H and O–H groups in total. The monoisotopic (exact) mass is 423 g/mol. The Kier molecular flexibility index (Phi) is 5.33. The number of alkyl carbamates (subject to hydrolysis) is 1. The zero-order chi connectivity index (χ0) is 22.1. The third-order valence-corrected chi connectivity index (χ3v) is 5.51. The number of hydrazine groups is 1. The highest BCUT2D eigenvalue weighted by molar-refractivity contribution is 5.96. The molecule has 31 heavy (non-hydrogen) atoms. The number of carboxylic acid groups (broad SMARTS) is 1. The minimum Gasteiger partial charge on any atom is -0.480 e. The molecule has 2 aromatic rings. The topological polar surface area (TPSA) is 125 Å². The van der Waals surface area contributed by atoms with Crippen molar-refractivity contribution in [2.75, 3.05) is 6.61 Å². The summed E-state index contributed by atoms with van der Waals surface area (Å²) in [5, 5.41) is 12.3. The van der Waals surface area contributed by atoms with Crippen LogP contribution in [0.3, 0.4) is 0 Å². The smallest absolute Gasteiger partial charge is 0.407 e. The van der Waals surface area contributed by atoms with Crippen molar-refractivity contribution in [2.45, 2.75) is 31.3 Å². The summed E-state index contributed by atoms with van der Waals surface area (Å²) in [6.07, 6.45) is -1.14. The number of nitrogens with zero attached hydrogens (tertiary/aromatic N) is 1. The first kappa shape index (κ1) is 20.4. The van der Waals surface area contributed by atoms with Crippen molar-refractivity contribution in [1.29, 1.82) is 0 Å². The van der Waals surface area contributed by atoms with Crippen molar-refractivity contribution in [1.82, 2.24) is 15.8 Å². The lowest BCUT2D eigenvalue weighted by atomic mass is 9.98. The maximum absolute atomic E-state index is 12.5. The molecule has 2 aliphatic rings. The number of hydrogen-bond acceptors (Lipinski definition) is 5. The Bertz CT molecular complexity index is 1020. The highest BCUT2D eigenvalue weighted by atomic mass is 16.5. The number of benzene rings is 2. The van der Waals surface area contributed by atoms with Crippen LogP contribution in [0.15, 0.2) is 48.5 Å². The first-order valence-corrected chi connectivity index (χ1v) is 9.83. The number of hydrogen-bond donors (Lipinski definition) is 3. The van der Waals surface area contributed by atoms with Crippen LogP contribution in [0.2, 0.25) is 0 Å². The number of amides is 3. The molecule has 160 valence electrons. The van der Waals surface area contributed by atoms with E-state index in [1.807, 2.05) is 48.5 Å². The molecule has 4 rings (SSSR count). The molecule has 0 bridgehead atoms. The second kappa shape index (κ2) is 8.10. The van der Waals surface area contributed by atoms with E-state index in [0.717, 1.165) is 27.3 Å². The predicted molar refractivity (Wildman–Crippen MR) is 109 cm³/mol. The molecule has 0 radical (unpaired) electrons. The van der Waals surface area contributed by atoms with Crippen molar-refractivity contribution in [3.05, 3.63) is 59.7 Å². The van der Waals surface area contributed by atoms with Gasteiger partial charge in [0.05, 0.1) is 6.42 Å². The van der Waals surface area contributed by atoms with Crippen LogP contribution in [-0.2, 0) is 19.1 Å². The average Bonchev–Trinajstić information content (AvgIpc) is 3.30. The van der Waals surface area contributed by atoms with Gasteiger partial charge in [0.15, 0.2) is 6.04 Å². The van der Waals surface area contributed by atoms with Gasteiger partial charge in [-0.1, -0.05) is 48.5 Å². The van der Waals surface area contributed by atoms with Crippen LogP contribution in [0, 0.1) is 0 Å². The molecule has 1 unspecified atom stereocenters. The van der Waals surface area contributed by atoms with Gasteiger partial charge in [-0.15, -0.1) is 0 Å². The summed E-state index contributed by atoms with van der Waals surface area (Å²) in [5.74, 6) is -2.75. The van der Waals surface area contributed by atoms with Crippen molar-refractivity contribution < 1.29 is 29.0 Å². The Balaban J connectivity index is 1.39. The fraction of sp³-hybridized carbons (Fsp3) is 0.273. The molecule has 9 nitrogen and oxygen atoms in total. The summed E-state index contributed by atoms with van der Waals surface area (Å²) >= 11 is 0. The number of nitrogens with one attached hydrogen (secondary N) is 2. The summed E-state index contributed by atoms with van der Waals surface area (Å²) in [5.41, 5.74) is 6.52. The van der Waals surface area contributed by atoms with Crippen molar-refractivity contribution in [3.8, 4) is 11.1 Å². The third-order valence-electron chi connectivity index (χ3n) is 5.51.